The van der Waals surface area contributed by atoms with Gasteiger partial charge in [0.15, 0.2) is 0 Å². The topological polar surface area (TPSA) is 91.3 Å². The van der Waals surface area contributed by atoms with Gasteiger partial charge in [-0.3, -0.25) is 4.98 Å². The molecule has 0 spiro atoms. The minimum atomic E-state index is -1.02. The summed E-state index contributed by atoms with van der Waals surface area (Å²) in [7, 11) is 0. The van der Waals surface area contributed by atoms with Gasteiger partial charge in [0, 0.05) is 18.9 Å². The lowest BCUT2D eigenvalue weighted by atomic mass is 10.1. The molecule has 1 aromatic rings. The molecule has 1 rings (SSSR count). The van der Waals surface area contributed by atoms with Crippen molar-refractivity contribution < 1.29 is 14.7 Å². The third-order valence-corrected chi connectivity index (χ3v) is 3.44. The molecular weight excluding hydrogens is 278 g/mol. The second-order valence-electron chi connectivity index (χ2n) is 4.30. The highest BCUT2D eigenvalue weighted by atomic mass is 32.2. The zero-order valence-electron chi connectivity index (χ0n) is 11.5. The van der Waals surface area contributed by atoms with Gasteiger partial charge in [-0.2, -0.15) is 11.8 Å². The number of nitrogens with one attached hydrogen (secondary N) is 2. The van der Waals surface area contributed by atoms with Crippen molar-refractivity contribution in [3.05, 3.63) is 29.6 Å². The Morgan fingerprint density at radius 1 is 1.50 bits per heavy atom. The highest BCUT2D eigenvalue weighted by Crippen LogP contribution is 2.04. The summed E-state index contributed by atoms with van der Waals surface area (Å²) in [6.07, 6.45) is 5.65. The molecule has 0 bridgehead atoms. The molecule has 1 atom stereocenters. The Labute approximate surface area is 122 Å². The minimum absolute atomic E-state index is 0.320. The first-order valence-corrected chi connectivity index (χ1v) is 7.59. The van der Waals surface area contributed by atoms with Gasteiger partial charge in [0.25, 0.3) is 0 Å². The Bertz CT molecular complexity index is 468. The van der Waals surface area contributed by atoms with E-state index in [9.17, 15) is 9.59 Å². The smallest absolute Gasteiger partial charge is 0.326 e. The number of aromatic nitrogens is 1. The van der Waals surface area contributed by atoms with Gasteiger partial charge in [-0.15, -0.1) is 0 Å². The van der Waals surface area contributed by atoms with Crippen LogP contribution in [0.25, 0.3) is 0 Å². The maximum absolute atomic E-state index is 11.7. The maximum Gasteiger partial charge on any atom is 0.326 e. The van der Waals surface area contributed by atoms with Gasteiger partial charge in [0.05, 0.1) is 0 Å². The third-order valence-electron chi connectivity index (χ3n) is 2.80. The first-order chi connectivity index (χ1) is 9.54. The summed E-state index contributed by atoms with van der Waals surface area (Å²) in [6.45, 7) is 2.25. The fourth-order valence-corrected chi connectivity index (χ4v) is 2.03. The number of amides is 2. The highest BCUT2D eigenvalue weighted by molar-refractivity contribution is 7.98. The molecule has 0 aliphatic heterocycles. The number of aliphatic carboxylic acids is 1. The van der Waals surface area contributed by atoms with Crippen molar-refractivity contribution in [2.75, 3.05) is 12.0 Å². The first kappa shape index (κ1) is 16.3. The van der Waals surface area contributed by atoms with E-state index in [1.165, 1.54) is 0 Å². The van der Waals surface area contributed by atoms with E-state index in [0.29, 0.717) is 18.7 Å². The summed E-state index contributed by atoms with van der Waals surface area (Å²) >= 11 is 1.54. The van der Waals surface area contributed by atoms with Crippen LogP contribution >= 0.6 is 11.8 Å². The molecule has 0 saturated heterocycles. The van der Waals surface area contributed by atoms with E-state index in [2.05, 4.69) is 15.6 Å². The van der Waals surface area contributed by atoms with E-state index >= 15 is 0 Å². The number of hydrogen-bond donors (Lipinski definition) is 3. The van der Waals surface area contributed by atoms with Gasteiger partial charge in [-0.25, -0.2) is 9.59 Å². The number of nitrogens with zero attached hydrogens (tertiary/aromatic N) is 1. The van der Waals surface area contributed by atoms with Gasteiger partial charge >= 0.3 is 12.0 Å². The number of carbonyl (C=O) groups excluding carboxylic acids is 1. The number of urea groups is 1. The van der Waals surface area contributed by atoms with Gasteiger partial charge in [0.2, 0.25) is 0 Å². The first-order valence-electron chi connectivity index (χ1n) is 6.20. The molecular formula is C13H19N3O3S. The molecule has 0 fully saturated rings. The van der Waals surface area contributed by atoms with Crippen LogP contribution in [-0.2, 0) is 11.3 Å². The number of thioether (sulfide) groups is 1. The number of rotatable bonds is 7. The SMILES string of the molecule is CSCCC(NC(=O)NCc1cnccc1C)C(=O)O. The summed E-state index contributed by atoms with van der Waals surface area (Å²) in [5.41, 5.74) is 1.93. The van der Waals surface area contributed by atoms with Gasteiger partial charge in [-0.1, -0.05) is 0 Å². The van der Waals surface area contributed by atoms with Crippen molar-refractivity contribution in [3.8, 4) is 0 Å². The summed E-state index contributed by atoms with van der Waals surface area (Å²) in [6, 6.07) is 0.507. The quantitative estimate of drug-likeness (QED) is 0.707. The molecule has 0 saturated carbocycles. The average Bonchev–Trinajstić information content (AvgIpc) is 2.42. The van der Waals surface area contributed by atoms with Crippen LogP contribution in [0.5, 0.6) is 0 Å². The number of carboxylic acid groups (broad SMARTS) is 1. The predicted molar refractivity (Wildman–Crippen MR) is 78.8 cm³/mol. The molecule has 1 unspecified atom stereocenters. The zero-order valence-corrected chi connectivity index (χ0v) is 12.4. The molecule has 0 radical (unpaired) electrons. The van der Waals surface area contributed by atoms with Crippen LogP contribution in [0, 0.1) is 6.92 Å². The lowest BCUT2D eigenvalue weighted by Crippen LogP contribution is -2.46. The fraction of sp³-hybridized carbons (Fsp3) is 0.462. The summed E-state index contributed by atoms with van der Waals surface area (Å²) < 4.78 is 0. The Hall–Kier alpha value is -1.76. The molecule has 0 aliphatic rings. The van der Waals surface area contributed by atoms with Crippen LogP contribution in [0.3, 0.4) is 0 Å². The molecule has 2 amide bonds. The van der Waals surface area contributed by atoms with Crippen molar-refractivity contribution in [2.45, 2.75) is 25.9 Å². The van der Waals surface area contributed by atoms with Gasteiger partial charge in [-0.05, 0) is 42.5 Å². The largest absolute Gasteiger partial charge is 0.480 e. The van der Waals surface area contributed by atoms with Crippen LogP contribution in [0.15, 0.2) is 18.5 Å². The average molecular weight is 297 g/mol. The normalized spacial score (nSPS) is 11.7. The third kappa shape index (κ3) is 5.48. The fourth-order valence-electron chi connectivity index (χ4n) is 1.56. The van der Waals surface area contributed by atoms with Crippen LogP contribution in [0.4, 0.5) is 4.79 Å². The molecule has 20 heavy (non-hydrogen) atoms. The van der Waals surface area contributed by atoms with E-state index < -0.39 is 18.0 Å². The Kier molecular flexibility index (Phi) is 6.86. The lowest BCUT2D eigenvalue weighted by molar-refractivity contribution is -0.139. The standard InChI is InChI=1S/C13H19N3O3S/c1-9-3-5-14-7-10(9)8-15-13(19)16-11(12(17)18)4-6-20-2/h3,5,7,11H,4,6,8H2,1-2H3,(H,17,18)(H2,15,16,19). The van der Waals surface area contributed by atoms with Crippen LogP contribution < -0.4 is 10.6 Å². The number of carbonyl (C=O) groups is 2. The molecule has 0 aliphatic carbocycles. The maximum atomic E-state index is 11.7. The minimum Gasteiger partial charge on any atom is -0.480 e. The summed E-state index contributed by atoms with van der Waals surface area (Å²) in [5.74, 6) is -0.342. The Balaban J connectivity index is 2.46. The molecule has 7 heteroatoms. The summed E-state index contributed by atoms with van der Waals surface area (Å²) in [5, 5.41) is 14.1. The van der Waals surface area contributed by atoms with E-state index in [-0.39, 0.29) is 0 Å². The van der Waals surface area contributed by atoms with Crippen LogP contribution in [0.1, 0.15) is 17.5 Å². The summed E-state index contributed by atoms with van der Waals surface area (Å²) in [4.78, 5) is 26.7. The lowest BCUT2D eigenvalue weighted by Gasteiger charge is -2.15. The number of carboxylic acids is 1. The van der Waals surface area contributed by atoms with Crippen molar-refractivity contribution >= 4 is 23.8 Å². The predicted octanol–water partition coefficient (Wildman–Crippen LogP) is 1.40. The Morgan fingerprint density at radius 2 is 2.25 bits per heavy atom. The second kappa shape index (κ2) is 8.42. The molecule has 110 valence electrons. The van der Waals surface area contributed by atoms with Crippen molar-refractivity contribution in [2.24, 2.45) is 0 Å². The number of aryl methyl sites for hydroxylation is 1. The number of pyridine rings is 1. The van der Waals surface area contributed by atoms with E-state index in [0.717, 1.165) is 11.1 Å². The zero-order chi connectivity index (χ0) is 15.0. The number of hydrogen-bond acceptors (Lipinski definition) is 4. The molecule has 1 heterocycles. The molecule has 1 aromatic heterocycles. The van der Waals surface area contributed by atoms with E-state index in [4.69, 9.17) is 5.11 Å². The highest BCUT2D eigenvalue weighted by Gasteiger charge is 2.19. The van der Waals surface area contributed by atoms with Gasteiger partial charge < -0.3 is 15.7 Å². The van der Waals surface area contributed by atoms with Crippen molar-refractivity contribution in [1.29, 1.82) is 0 Å². The second-order valence-corrected chi connectivity index (χ2v) is 5.29. The van der Waals surface area contributed by atoms with Crippen molar-refractivity contribution in [3.63, 3.8) is 0 Å². The molecule has 0 aromatic carbocycles. The Morgan fingerprint density at radius 3 is 2.85 bits per heavy atom. The van der Waals surface area contributed by atoms with Crippen molar-refractivity contribution in [1.82, 2.24) is 15.6 Å². The van der Waals surface area contributed by atoms with E-state index in [1.807, 2.05) is 19.2 Å². The molecule has 6 nitrogen and oxygen atoms in total. The van der Waals surface area contributed by atoms with Crippen LogP contribution in [-0.4, -0.2) is 40.1 Å². The molecule has 3 N–H and O–H groups in total. The monoisotopic (exact) mass is 297 g/mol. The van der Waals surface area contributed by atoms with Gasteiger partial charge in [0.1, 0.15) is 6.04 Å². The van der Waals surface area contributed by atoms with Crippen LogP contribution in [0.2, 0.25) is 0 Å². The van der Waals surface area contributed by atoms with E-state index in [1.54, 1.807) is 24.2 Å².